The molecule has 1 aromatic carbocycles. The van der Waals surface area contributed by atoms with Gasteiger partial charge in [-0.2, -0.15) is 5.10 Å². The number of carbonyl (C=O) groups excluding carboxylic acids is 1. The van der Waals surface area contributed by atoms with Crippen molar-refractivity contribution in [2.45, 2.75) is 33.1 Å². The molecule has 0 spiro atoms. The van der Waals surface area contributed by atoms with Gasteiger partial charge in [0, 0.05) is 18.2 Å². The number of aryl methyl sites for hydroxylation is 2. The Morgan fingerprint density at radius 1 is 1.22 bits per heavy atom. The number of aromatic nitrogens is 2. The van der Waals surface area contributed by atoms with Crippen molar-refractivity contribution in [3.63, 3.8) is 0 Å². The summed E-state index contributed by atoms with van der Waals surface area (Å²) in [4.78, 5) is 23.4. The number of amides is 1. The number of benzene rings is 1. The number of hydrogen-bond acceptors (Lipinski definition) is 3. The van der Waals surface area contributed by atoms with Crippen molar-refractivity contribution in [1.29, 1.82) is 0 Å². The topological polar surface area (TPSA) is 84.2 Å². The van der Waals surface area contributed by atoms with Gasteiger partial charge in [-0.25, -0.2) is 4.79 Å². The minimum Gasteiger partial charge on any atom is -0.478 e. The van der Waals surface area contributed by atoms with E-state index in [4.69, 9.17) is 5.11 Å². The molecule has 6 heteroatoms. The third-order valence-corrected chi connectivity index (χ3v) is 3.60. The lowest BCUT2D eigenvalue weighted by atomic mass is 9.92. The average Bonchev–Trinajstić information content (AvgIpc) is 2.83. The molecule has 0 unspecified atom stereocenters. The van der Waals surface area contributed by atoms with E-state index in [1.807, 2.05) is 20.8 Å². The summed E-state index contributed by atoms with van der Waals surface area (Å²) in [5.41, 5.74) is 2.61. The molecule has 1 amide bonds. The predicted molar refractivity (Wildman–Crippen MR) is 88.0 cm³/mol. The predicted octanol–water partition coefficient (Wildman–Crippen LogP) is 2.98. The van der Waals surface area contributed by atoms with Gasteiger partial charge in [0.2, 0.25) is 0 Å². The van der Waals surface area contributed by atoms with Crippen molar-refractivity contribution in [2.24, 2.45) is 7.05 Å². The van der Waals surface area contributed by atoms with Crippen LogP contribution in [-0.4, -0.2) is 26.8 Å². The molecule has 0 aliphatic heterocycles. The van der Waals surface area contributed by atoms with Crippen molar-refractivity contribution < 1.29 is 14.7 Å². The second kappa shape index (κ2) is 5.87. The summed E-state index contributed by atoms with van der Waals surface area (Å²) in [6.07, 6.45) is 0. The van der Waals surface area contributed by atoms with Crippen LogP contribution in [0, 0.1) is 6.92 Å². The largest absolute Gasteiger partial charge is 0.478 e. The lowest BCUT2D eigenvalue weighted by molar-refractivity contribution is 0.0696. The Bertz CT molecular complexity index is 770. The molecule has 0 aliphatic rings. The summed E-state index contributed by atoms with van der Waals surface area (Å²) < 4.78 is 1.55. The van der Waals surface area contributed by atoms with Crippen LogP contribution in [0.15, 0.2) is 24.3 Å². The molecule has 6 nitrogen and oxygen atoms in total. The van der Waals surface area contributed by atoms with Crippen molar-refractivity contribution in [3.05, 3.63) is 46.8 Å². The van der Waals surface area contributed by atoms with Crippen LogP contribution in [0.5, 0.6) is 0 Å². The normalized spacial score (nSPS) is 11.3. The molecule has 0 radical (unpaired) electrons. The molecule has 0 saturated carbocycles. The van der Waals surface area contributed by atoms with E-state index < -0.39 is 5.97 Å². The number of aromatic carboxylic acids is 1. The molecule has 1 aromatic heterocycles. The van der Waals surface area contributed by atoms with Crippen LogP contribution < -0.4 is 5.32 Å². The Labute approximate surface area is 135 Å². The summed E-state index contributed by atoms with van der Waals surface area (Å²) in [7, 11) is 1.73. The lowest BCUT2D eigenvalue weighted by Crippen LogP contribution is -2.16. The van der Waals surface area contributed by atoms with Crippen molar-refractivity contribution in [1.82, 2.24) is 9.78 Å². The number of carboxylic acids is 1. The SMILES string of the molecule is Cc1cc(C(=O)O)ccc1NC(=O)c1cc(C(C)(C)C)nn1C. The van der Waals surface area contributed by atoms with E-state index in [0.29, 0.717) is 16.9 Å². The maximum Gasteiger partial charge on any atom is 0.335 e. The van der Waals surface area contributed by atoms with Gasteiger partial charge in [0.25, 0.3) is 5.91 Å². The van der Waals surface area contributed by atoms with Gasteiger partial charge in [0.1, 0.15) is 5.69 Å². The van der Waals surface area contributed by atoms with Crippen LogP contribution in [0.25, 0.3) is 0 Å². The summed E-state index contributed by atoms with van der Waals surface area (Å²) in [6, 6.07) is 6.37. The molecule has 0 fully saturated rings. The van der Waals surface area contributed by atoms with Crippen LogP contribution in [0.1, 0.15) is 52.9 Å². The van der Waals surface area contributed by atoms with Crippen LogP contribution in [0.3, 0.4) is 0 Å². The fourth-order valence-electron chi connectivity index (χ4n) is 2.17. The number of rotatable bonds is 3. The van der Waals surface area contributed by atoms with Gasteiger partial charge in [-0.1, -0.05) is 20.8 Å². The van der Waals surface area contributed by atoms with E-state index >= 15 is 0 Å². The first-order valence-corrected chi connectivity index (χ1v) is 7.29. The zero-order valence-corrected chi connectivity index (χ0v) is 14.0. The van der Waals surface area contributed by atoms with Gasteiger partial charge >= 0.3 is 5.97 Å². The number of carboxylic acid groups (broad SMARTS) is 1. The van der Waals surface area contributed by atoms with Crippen LogP contribution in [0.4, 0.5) is 5.69 Å². The van der Waals surface area contributed by atoms with Crippen molar-refractivity contribution in [2.75, 3.05) is 5.32 Å². The highest BCUT2D eigenvalue weighted by Gasteiger charge is 2.22. The monoisotopic (exact) mass is 315 g/mol. The number of nitrogens with zero attached hydrogens (tertiary/aromatic N) is 2. The Hall–Kier alpha value is -2.63. The molecular formula is C17H21N3O3. The van der Waals surface area contributed by atoms with Crippen LogP contribution in [-0.2, 0) is 12.5 Å². The van der Waals surface area contributed by atoms with Crippen LogP contribution >= 0.6 is 0 Å². The van der Waals surface area contributed by atoms with Gasteiger partial charge in [0.05, 0.1) is 11.3 Å². The highest BCUT2D eigenvalue weighted by atomic mass is 16.4. The second-order valence-electron chi connectivity index (χ2n) is 6.58. The fraction of sp³-hybridized carbons (Fsp3) is 0.353. The third-order valence-electron chi connectivity index (χ3n) is 3.60. The molecule has 122 valence electrons. The van der Waals surface area contributed by atoms with Gasteiger partial charge in [-0.15, -0.1) is 0 Å². The standard InChI is InChI=1S/C17H21N3O3/c1-10-8-11(16(22)23)6-7-12(10)18-15(21)13-9-14(17(2,3)4)19-20(13)5/h6-9H,1-5H3,(H,18,21)(H,22,23). The summed E-state index contributed by atoms with van der Waals surface area (Å²) >= 11 is 0. The lowest BCUT2D eigenvalue weighted by Gasteiger charge is -2.13. The van der Waals surface area contributed by atoms with Crippen LogP contribution in [0.2, 0.25) is 0 Å². The first kappa shape index (κ1) is 16.7. The number of nitrogens with one attached hydrogen (secondary N) is 1. The molecule has 0 atom stereocenters. The quantitative estimate of drug-likeness (QED) is 0.912. The van der Waals surface area contributed by atoms with E-state index in [-0.39, 0.29) is 16.9 Å². The molecule has 0 aliphatic carbocycles. The van der Waals surface area contributed by atoms with Gasteiger partial charge in [-0.3, -0.25) is 9.48 Å². The van der Waals surface area contributed by atoms with Gasteiger partial charge in [-0.05, 0) is 36.8 Å². The van der Waals surface area contributed by atoms with Crippen molar-refractivity contribution in [3.8, 4) is 0 Å². The molecule has 2 N–H and O–H groups in total. The molecule has 2 rings (SSSR count). The summed E-state index contributed by atoms with van der Waals surface area (Å²) in [5, 5.41) is 16.2. The summed E-state index contributed by atoms with van der Waals surface area (Å²) in [5.74, 6) is -1.27. The minimum absolute atomic E-state index is 0.144. The zero-order valence-electron chi connectivity index (χ0n) is 14.0. The third kappa shape index (κ3) is 3.59. The van der Waals surface area contributed by atoms with E-state index in [1.54, 1.807) is 30.8 Å². The molecule has 0 bridgehead atoms. The van der Waals surface area contributed by atoms with E-state index in [9.17, 15) is 9.59 Å². The van der Waals surface area contributed by atoms with Gasteiger partial charge < -0.3 is 10.4 Å². The Morgan fingerprint density at radius 2 is 1.87 bits per heavy atom. The number of hydrogen-bond donors (Lipinski definition) is 2. The maximum atomic E-state index is 12.5. The molecular weight excluding hydrogens is 294 g/mol. The van der Waals surface area contributed by atoms with Gasteiger partial charge in [0.15, 0.2) is 0 Å². The second-order valence-corrected chi connectivity index (χ2v) is 6.58. The Kier molecular flexibility index (Phi) is 4.27. The van der Waals surface area contributed by atoms with Crippen molar-refractivity contribution >= 4 is 17.6 Å². The fourth-order valence-corrected chi connectivity index (χ4v) is 2.17. The first-order valence-electron chi connectivity index (χ1n) is 7.29. The van der Waals surface area contributed by atoms with E-state index in [1.165, 1.54) is 12.1 Å². The number of anilines is 1. The maximum absolute atomic E-state index is 12.5. The smallest absolute Gasteiger partial charge is 0.335 e. The molecule has 1 heterocycles. The molecule has 2 aromatic rings. The highest BCUT2D eigenvalue weighted by molar-refractivity contribution is 6.03. The zero-order chi connectivity index (χ0) is 17.4. The first-order chi connectivity index (χ1) is 10.6. The summed E-state index contributed by atoms with van der Waals surface area (Å²) in [6.45, 7) is 7.86. The van der Waals surface area contributed by atoms with E-state index in [0.717, 1.165) is 5.69 Å². The Morgan fingerprint density at radius 3 is 2.35 bits per heavy atom. The highest BCUT2D eigenvalue weighted by Crippen LogP contribution is 2.22. The minimum atomic E-state index is -0.993. The molecule has 0 saturated heterocycles. The average molecular weight is 315 g/mol. The van der Waals surface area contributed by atoms with E-state index in [2.05, 4.69) is 10.4 Å². The Balaban J connectivity index is 2.26. The number of carbonyl (C=O) groups is 2. The molecule has 23 heavy (non-hydrogen) atoms.